The molecule has 1 aromatic rings. The van der Waals surface area contributed by atoms with Crippen LogP contribution in [0.5, 0.6) is 0 Å². The summed E-state index contributed by atoms with van der Waals surface area (Å²) in [5.41, 5.74) is -1.94. The highest BCUT2D eigenvalue weighted by molar-refractivity contribution is 7.80. The topological polar surface area (TPSA) is 50.4 Å². The lowest BCUT2D eigenvalue weighted by Crippen LogP contribution is -2.34. The smallest absolute Gasteiger partial charge is 0.419 e. The van der Waals surface area contributed by atoms with Crippen molar-refractivity contribution in [3.8, 4) is 0 Å². The number of alkyl carbamates (subject to hydrolysis) is 1. The maximum absolute atomic E-state index is 13.6. The molecule has 2 N–H and O–H groups in total. The first-order valence-corrected chi connectivity index (χ1v) is 5.18. The SMILES string of the molecule is COC(=O)NC(=S)Nc1cccc(C(F)(F)F)c1F. The molecule has 0 heterocycles. The van der Waals surface area contributed by atoms with Gasteiger partial charge in [0.15, 0.2) is 10.9 Å². The van der Waals surface area contributed by atoms with Crippen LogP contribution in [0, 0.1) is 5.82 Å². The van der Waals surface area contributed by atoms with Crippen molar-refractivity contribution in [2.75, 3.05) is 12.4 Å². The van der Waals surface area contributed by atoms with E-state index in [2.05, 4.69) is 22.3 Å². The van der Waals surface area contributed by atoms with Gasteiger partial charge in [-0.2, -0.15) is 13.2 Å². The van der Waals surface area contributed by atoms with Gasteiger partial charge in [0.05, 0.1) is 18.4 Å². The fraction of sp³-hybridized carbons (Fsp3) is 0.200. The van der Waals surface area contributed by atoms with E-state index in [4.69, 9.17) is 0 Å². The largest absolute Gasteiger partial charge is 0.453 e. The average molecular weight is 296 g/mol. The lowest BCUT2D eigenvalue weighted by molar-refractivity contribution is -0.139. The number of carbonyl (C=O) groups excluding carboxylic acids is 1. The minimum Gasteiger partial charge on any atom is -0.453 e. The lowest BCUT2D eigenvalue weighted by atomic mass is 10.2. The van der Waals surface area contributed by atoms with Gasteiger partial charge in [-0.3, -0.25) is 5.32 Å². The second kappa shape index (κ2) is 5.83. The molecule has 1 rings (SSSR count). The summed E-state index contributed by atoms with van der Waals surface area (Å²) in [7, 11) is 1.07. The first-order valence-electron chi connectivity index (χ1n) is 4.77. The van der Waals surface area contributed by atoms with Crippen LogP contribution >= 0.6 is 12.2 Å². The number of nitrogens with one attached hydrogen (secondary N) is 2. The average Bonchev–Trinajstić information content (AvgIpc) is 2.30. The molecule has 1 aromatic carbocycles. The zero-order valence-electron chi connectivity index (χ0n) is 9.47. The number of anilines is 1. The Kier molecular flexibility index (Phi) is 4.65. The summed E-state index contributed by atoms with van der Waals surface area (Å²) >= 11 is 4.60. The van der Waals surface area contributed by atoms with Crippen molar-refractivity contribution in [2.24, 2.45) is 0 Å². The molecule has 1 amide bonds. The fourth-order valence-electron chi connectivity index (χ4n) is 1.14. The Morgan fingerprint density at radius 1 is 1.37 bits per heavy atom. The van der Waals surface area contributed by atoms with E-state index in [0.717, 1.165) is 19.2 Å². The van der Waals surface area contributed by atoms with Gasteiger partial charge >= 0.3 is 12.3 Å². The number of hydrogen-bond acceptors (Lipinski definition) is 3. The number of rotatable bonds is 1. The summed E-state index contributed by atoms with van der Waals surface area (Å²) in [5, 5.41) is 3.72. The maximum Gasteiger partial charge on any atom is 0.419 e. The Bertz CT molecular complexity index is 505. The number of benzene rings is 1. The van der Waals surface area contributed by atoms with Gasteiger partial charge in [0.25, 0.3) is 0 Å². The normalized spacial score (nSPS) is 10.8. The second-order valence-electron chi connectivity index (χ2n) is 3.24. The number of carbonyl (C=O) groups is 1. The van der Waals surface area contributed by atoms with E-state index in [1.807, 2.05) is 5.32 Å². The minimum absolute atomic E-state index is 0.384. The molecule has 4 nitrogen and oxygen atoms in total. The Hall–Kier alpha value is -1.90. The molecule has 9 heteroatoms. The predicted octanol–water partition coefficient (Wildman–Crippen LogP) is 2.90. The summed E-state index contributed by atoms with van der Waals surface area (Å²) in [6.45, 7) is 0. The summed E-state index contributed by atoms with van der Waals surface area (Å²) in [5.74, 6) is -1.51. The van der Waals surface area contributed by atoms with Gasteiger partial charge in [0, 0.05) is 0 Å². The van der Waals surface area contributed by atoms with E-state index in [1.165, 1.54) is 0 Å². The predicted molar refractivity (Wildman–Crippen MR) is 63.2 cm³/mol. The van der Waals surface area contributed by atoms with Crippen molar-refractivity contribution in [3.05, 3.63) is 29.6 Å². The van der Waals surface area contributed by atoms with Crippen LogP contribution < -0.4 is 10.6 Å². The van der Waals surface area contributed by atoms with Crippen LogP contribution in [-0.2, 0) is 10.9 Å². The van der Waals surface area contributed by atoms with Crippen molar-refractivity contribution in [3.63, 3.8) is 0 Å². The number of thiocarbonyl (C=S) groups is 1. The molecule has 0 spiro atoms. The van der Waals surface area contributed by atoms with Crippen LogP contribution in [0.1, 0.15) is 5.56 Å². The number of hydrogen-bond donors (Lipinski definition) is 2. The quantitative estimate of drug-likeness (QED) is 0.618. The summed E-state index contributed by atoms with van der Waals surface area (Å²) < 4.78 is 55.1. The zero-order chi connectivity index (χ0) is 14.6. The van der Waals surface area contributed by atoms with Gasteiger partial charge in [-0.1, -0.05) is 6.07 Å². The van der Waals surface area contributed by atoms with Crippen LogP contribution in [0.15, 0.2) is 18.2 Å². The van der Waals surface area contributed by atoms with Crippen LogP contribution in [-0.4, -0.2) is 18.3 Å². The molecule has 0 aliphatic rings. The molecule has 0 bridgehead atoms. The summed E-state index contributed by atoms with van der Waals surface area (Å²) in [4.78, 5) is 10.8. The highest BCUT2D eigenvalue weighted by Crippen LogP contribution is 2.33. The third-order valence-corrected chi connectivity index (χ3v) is 2.16. The van der Waals surface area contributed by atoms with Gasteiger partial charge in [-0.25, -0.2) is 9.18 Å². The van der Waals surface area contributed by atoms with Gasteiger partial charge in [-0.05, 0) is 24.4 Å². The molecule has 0 aliphatic heterocycles. The summed E-state index contributed by atoms with van der Waals surface area (Å²) in [6, 6.07) is 2.65. The molecule has 104 valence electrons. The molecular formula is C10H8F4N2O2S. The van der Waals surface area contributed by atoms with Crippen molar-refractivity contribution in [1.82, 2.24) is 5.32 Å². The van der Waals surface area contributed by atoms with Crippen LogP contribution in [0.4, 0.5) is 28.0 Å². The maximum atomic E-state index is 13.6. The van der Waals surface area contributed by atoms with Crippen molar-refractivity contribution in [1.29, 1.82) is 0 Å². The highest BCUT2D eigenvalue weighted by atomic mass is 32.1. The second-order valence-corrected chi connectivity index (χ2v) is 3.64. The third-order valence-electron chi connectivity index (χ3n) is 1.95. The van der Waals surface area contributed by atoms with Crippen LogP contribution in [0.25, 0.3) is 0 Å². The molecule has 0 fully saturated rings. The summed E-state index contributed by atoms with van der Waals surface area (Å²) in [6.07, 6.45) is -5.75. The van der Waals surface area contributed by atoms with Gasteiger partial charge < -0.3 is 10.1 Å². The standard InChI is InChI=1S/C10H8F4N2O2S/c1-18-9(17)16-8(19)15-6-4-2-3-5(7(6)11)10(12,13)14/h2-4H,1H3,(H2,15,16,17,19). The number of amides is 1. The zero-order valence-corrected chi connectivity index (χ0v) is 10.3. The molecule has 0 unspecified atom stereocenters. The molecule has 0 atom stereocenters. The van der Waals surface area contributed by atoms with E-state index in [0.29, 0.717) is 6.07 Å². The Labute approximate surface area is 110 Å². The van der Waals surface area contributed by atoms with Crippen molar-refractivity contribution < 1.29 is 27.1 Å². The van der Waals surface area contributed by atoms with E-state index in [1.54, 1.807) is 0 Å². The first kappa shape index (κ1) is 15.2. The number of methoxy groups -OCH3 is 1. The molecule has 19 heavy (non-hydrogen) atoms. The van der Waals surface area contributed by atoms with Crippen molar-refractivity contribution >= 4 is 29.1 Å². The molecular weight excluding hydrogens is 288 g/mol. The third kappa shape index (κ3) is 4.05. The Morgan fingerprint density at radius 3 is 2.53 bits per heavy atom. The van der Waals surface area contributed by atoms with E-state index in [9.17, 15) is 22.4 Å². The number of halogens is 4. The van der Waals surface area contributed by atoms with Gasteiger partial charge in [0.2, 0.25) is 0 Å². The molecule has 0 aliphatic carbocycles. The molecule has 0 radical (unpaired) electrons. The van der Waals surface area contributed by atoms with E-state index < -0.39 is 29.3 Å². The molecule has 0 aromatic heterocycles. The lowest BCUT2D eigenvalue weighted by Gasteiger charge is -2.13. The van der Waals surface area contributed by atoms with Crippen LogP contribution in [0.3, 0.4) is 0 Å². The van der Waals surface area contributed by atoms with Gasteiger partial charge in [-0.15, -0.1) is 0 Å². The van der Waals surface area contributed by atoms with E-state index >= 15 is 0 Å². The number of ether oxygens (including phenoxy) is 1. The van der Waals surface area contributed by atoms with Gasteiger partial charge in [0.1, 0.15) is 0 Å². The van der Waals surface area contributed by atoms with Crippen molar-refractivity contribution in [2.45, 2.75) is 6.18 Å². The monoisotopic (exact) mass is 296 g/mol. The molecule has 0 saturated heterocycles. The van der Waals surface area contributed by atoms with Crippen LogP contribution in [0.2, 0.25) is 0 Å². The Balaban J connectivity index is 2.91. The Morgan fingerprint density at radius 2 is 2.00 bits per heavy atom. The van der Waals surface area contributed by atoms with E-state index in [-0.39, 0.29) is 5.11 Å². The fourth-order valence-corrected chi connectivity index (χ4v) is 1.34. The number of alkyl halides is 3. The molecule has 0 saturated carbocycles. The minimum atomic E-state index is -4.82. The highest BCUT2D eigenvalue weighted by Gasteiger charge is 2.34. The first-order chi connectivity index (χ1) is 8.75.